The van der Waals surface area contributed by atoms with Crippen molar-refractivity contribution in [1.82, 2.24) is 0 Å². The molecule has 6 heteroatoms. The van der Waals surface area contributed by atoms with E-state index in [1.807, 2.05) is 121 Å². The highest BCUT2D eigenvalue weighted by Gasteiger charge is 2.55. The van der Waals surface area contributed by atoms with Gasteiger partial charge >= 0.3 is 0 Å². The van der Waals surface area contributed by atoms with Gasteiger partial charge in [0.2, 0.25) is 0 Å². The summed E-state index contributed by atoms with van der Waals surface area (Å²) in [5.41, 5.74) is 2.36. The van der Waals surface area contributed by atoms with E-state index in [2.05, 4.69) is 0 Å². The van der Waals surface area contributed by atoms with E-state index >= 15 is 0 Å². The fraction of sp³-hybridized carbons (Fsp3) is 0.294. The van der Waals surface area contributed by atoms with Gasteiger partial charge in [-0.15, -0.1) is 12.6 Å². The highest BCUT2D eigenvalue weighted by atomic mass is 32.1. The first-order chi connectivity index (χ1) is 19.7. The number of aliphatic hydroxyl groups is 1. The Bertz CT molecular complexity index is 1280. The van der Waals surface area contributed by atoms with Crippen LogP contribution < -0.4 is 0 Å². The Hall–Kier alpha value is -2.97. The number of thiol groups is 1. The Morgan fingerprint density at radius 2 is 0.975 bits per heavy atom. The molecule has 1 fully saturated rings. The van der Waals surface area contributed by atoms with Crippen LogP contribution in [0.15, 0.2) is 121 Å². The SMILES string of the molecule is OC[C@@]1(Cc2ccccc2)O[C@@H](S)[C@H](OCc2ccccc2)[C@@H](OCc2ccccc2)[C@@H]1OCc1ccccc1. The second-order valence-electron chi connectivity index (χ2n) is 10.1. The number of hydrogen-bond acceptors (Lipinski definition) is 6. The summed E-state index contributed by atoms with van der Waals surface area (Å²) in [6.45, 7) is 0.789. The molecular formula is C34H36O5S. The van der Waals surface area contributed by atoms with Crippen molar-refractivity contribution in [1.29, 1.82) is 0 Å². The van der Waals surface area contributed by atoms with Gasteiger partial charge in [0.1, 0.15) is 29.3 Å². The van der Waals surface area contributed by atoms with E-state index in [1.54, 1.807) is 0 Å². The topological polar surface area (TPSA) is 57.2 Å². The van der Waals surface area contributed by atoms with Crippen LogP contribution in [0.4, 0.5) is 0 Å². The standard InChI is InChI=1S/C34H36O5S/c35-25-34(21-26-13-5-1-6-14-26)32(38-24-29-19-11-4-12-20-29)30(36-22-27-15-7-2-8-16-27)31(33(40)39-34)37-23-28-17-9-3-10-18-28/h1-20,30-33,35,40H,21-25H2/t30-,31-,32+,33+,34-/m1/s1. The molecule has 0 aliphatic carbocycles. The summed E-state index contributed by atoms with van der Waals surface area (Å²) in [5.74, 6) is 0. The lowest BCUT2D eigenvalue weighted by Gasteiger charge is -2.51. The van der Waals surface area contributed by atoms with E-state index in [4.69, 9.17) is 31.6 Å². The molecule has 5 nitrogen and oxygen atoms in total. The Labute approximate surface area is 242 Å². The van der Waals surface area contributed by atoms with E-state index in [-0.39, 0.29) is 6.61 Å². The van der Waals surface area contributed by atoms with E-state index in [1.165, 1.54) is 0 Å². The van der Waals surface area contributed by atoms with Gasteiger partial charge in [0.25, 0.3) is 0 Å². The molecule has 4 aromatic carbocycles. The summed E-state index contributed by atoms with van der Waals surface area (Å²) in [6.07, 6.45) is -1.34. The molecule has 208 valence electrons. The van der Waals surface area contributed by atoms with E-state index in [0.29, 0.717) is 26.2 Å². The fourth-order valence-electron chi connectivity index (χ4n) is 5.18. The Kier molecular flexibility index (Phi) is 10.1. The van der Waals surface area contributed by atoms with Gasteiger partial charge in [0.05, 0.1) is 26.4 Å². The lowest BCUT2D eigenvalue weighted by molar-refractivity contribution is -0.290. The zero-order chi connectivity index (χ0) is 27.6. The third-order valence-electron chi connectivity index (χ3n) is 7.23. The van der Waals surface area contributed by atoms with Crippen LogP contribution in [0, 0.1) is 0 Å². The van der Waals surface area contributed by atoms with Crippen LogP contribution in [-0.4, -0.2) is 41.1 Å². The first kappa shape index (κ1) is 28.6. The minimum absolute atomic E-state index is 0.269. The van der Waals surface area contributed by atoms with Gasteiger partial charge in [-0.05, 0) is 22.3 Å². The van der Waals surface area contributed by atoms with Crippen molar-refractivity contribution in [3.63, 3.8) is 0 Å². The molecule has 1 aliphatic heterocycles. The molecule has 5 rings (SSSR count). The summed E-state index contributed by atoms with van der Waals surface area (Å²) >= 11 is 4.86. The smallest absolute Gasteiger partial charge is 0.130 e. The van der Waals surface area contributed by atoms with Crippen molar-refractivity contribution in [3.05, 3.63) is 144 Å². The number of rotatable bonds is 12. The molecule has 1 aliphatic rings. The number of ether oxygens (including phenoxy) is 4. The van der Waals surface area contributed by atoms with Crippen LogP contribution in [0.5, 0.6) is 0 Å². The van der Waals surface area contributed by atoms with E-state index < -0.39 is 29.3 Å². The molecule has 0 radical (unpaired) electrons. The Morgan fingerprint density at radius 3 is 1.43 bits per heavy atom. The highest BCUT2D eigenvalue weighted by molar-refractivity contribution is 7.80. The maximum atomic E-state index is 11.0. The number of benzene rings is 4. The Balaban J connectivity index is 1.48. The molecule has 0 unspecified atom stereocenters. The predicted molar refractivity (Wildman–Crippen MR) is 159 cm³/mol. The lowest BCUT2D eigenvalue weighted by Crippen LogP contribution is -2.67. The minimum atomic E-state index is -1.10. The molecule has 0 amide bonds. The van der Waals surface area contributed by atoms with E-state index in [0.717, 1.165) is 22.3 Å². The Morgan fingerprint density at radius 1 is 0.575 bits per heavy atom. The van der Waals surface area contributed by atoms with Crippen molar-refractivity contribution in [3.8, 4) is 0 Å². The summed E-state index contributed by atoms with van der Waals surface area (Å²) < 4.78 is 26.4. The quantitative estimate of drug-likeness (QED) is 0.210. The minimum Gasteiger partial charge on any atom is -0.393 e. The average Bonchev–Trinajstić information content (AvgIpc) is 3.01. The zero-order valence-electron chi connectivity index (χ0n) is 22.4. The van der Waals surface area contributed by atoms with Gasteiger partial charge < -0.3 is 24.1 Å². The normalized spacial score (nSPS) is 24.6. The summed E-state index contributed by atoms with van der Waals surface area (Å²) in [6, 6.07) is 40.0. The predicted octanol–water partition coefficient (Wildman–Crippen LogP) is 6.00. The molecule has 0 aromatic heterocycles. The molecule has 0 spiro atoms. The largest absolute Gasteiger partial charge is 0.393 e. The van der Waals surface area contributed by atoms with Crippen LogP contribution in [-0.2, 0) is 45.2 Å². The van der Waals surface area contributed by atoms with Gasteiger partial charge in [0.15, 0.2) is 0 Å². The maximum absolute atomic E-state index is 11.0. The molecule has 1 heterocycles. The van der Waals surface area contributed by atoms with Crippen LogP contribution >= 0.6 is 12.6 Å². The maximum Gasteiger partial charge on any atom is 0.130 e. The second kappa shape index (κ2) is 14.1. The van der Waals surface area contributed by atoms with Crippen LogP contribution in [0.2, 0.25) is 0 Å². The van der Waals surface area contributed by atoms with Crippen molar-refractivity contribution >= 4 is 12.6 Å². The summed E-state index contributed by atoms with van der Waals surface area (Å²) in [4.78, 5) is 0. The van der Waals surface area contributed by atoms with E-state index in [9.17, 15) is 5.11 Å². The monoisotopic (exact) mass is 556 g/mol. The first-order valence-electron chi connectivity index (χ1n) is 13.6. The molecule has 0 saturated carbocycles. The molecule has 40 heavy (non-hydrogen) atoms. The first-order valence-corrected chi connectivity index (χ1v) is 14.2. The van der Waals surface area contributed by atoms with Crippen molar-refractivity contribution < 1.29 is 24.1 Å². The average molecular weight is 557 g/mol. The van der Waals surface area contributed by atoms with Crippen molar-refractivity contribution in [2.45, 2.75) is 55.6 Å². The molecule has 5 atom stereocenters. The van der Waals surface area contributed by atoms with Gasteiger partial charge in [-0.25, -0.2) is 0 Å². The van der Waals surface area contributed by atoms with Gasteiger partial charge in [-0.1, -0.05) is 121 Å². The molecule has 1 N–H and O–H groups in total. The molecule has 4 aromatic rings. The molecule has 0 bridgehead atoms. The summed E-state index contributed by atoms with van der Waals surface area (Å²) in [5, 5.41) is 11.0. The number of hydrogen-bond donors (Lipinski definition) is 2. The molecular weight excluding hydrogens is 520 g/mol. The van der Waals surface area contributed by atoms with Crippen molar-refractivity contribution in [2.24, 2.45) is 0 Å². The van der Waals surface area contributed by atoms with Crippen LogP contribution in [0.3, 0.4) is 0 Å². The zero-order valence-corrected chi connectivity index (χ0v) is 23.3. The third-order valence-corrected chi connectivity index (χ3v) is 7.63. The van der Waals surface area contributed by atoms with Gasteiger partial charge in [-0.2, -0.15) is 0 Å². The van der Waals surface area contributed by atoms with Crippen LogP contribution in [0.1, 0.15) is 22.3 Å². The third kappa shape index (κ3) is 7.21. The van der Waals surface area contributed by atoms with Crippen LogP contribution in [0.25, 0.3) is 0 Å². The van der Waals surface area contributed by atoms with Gasteiger partial charge in [-0.3, -0.25) is 0 Å². The lowest BCUT2D eigenvalue weighted by atomic mass is 9.82. The highest BCUT2D eigenvalue weighted by Crippen LogP contribution is 2.39. The second-order valence-corrected chi connectivity index (χ2v) is 10.6. The van der Waals surface area contributed by atoms with Gasteiger partial charge in [0, 0.05) is 6.42 Å². The number of aliphatic hydroxyl groups excluding tert-OH is 1. The van der Waals surface area contributed by atoms with Crippen molar-refractivity contribution in [2.75, 3.05) is 6.61 Å². The molecule has 1 saturated heterocycles. The summed E-state index contributed by atoms with van der Waals surface area (Å²) in [7, 11) is 0. The fourth-order valence-corrected chi connectivity index (χ4v) is 5.64.